The van der Waals surface area contributed by atoms with E-state index in [0.29, 0.717) is 23.0 Å². The molecule has 2 aliphatic rings. The normalized spacial score (nSPS) is 14.6. The lowest BCUT2D eigenvalue weighted by molar-refractivity contribution is 0.390. The van der Waals surface area contributed by atoms with Gasteiger partial charge in [-0.2, -0.15) is 5.26 Å². The van der Waals surface area contributed by atoms with Crippen molar-refractivity contribution in [2.24, 2.45) is 0 Å². The molecule has 0 fully saturated rings. The molecular weight excluding hydrogens is 721 g/mol. The van der Waals surface area contributed by atoms with E-state index in [-0.39, 0.29) is 0 Å². The lowest BCUT2D eigenvalue weighted by atomic mass is 9.64. The summed E-state index contributed by atoms with van der Waals surface area (Å²) in [7, 11) is 0. The molecule has 2 heterocycles. The number of hydrogen-bond acceptors (Lipinski definition) is 5. The predicted octanol–water partition coefficient (Wildman–Crippen LogP) is 12.8. The van der Waals surface area contributed by atoms with Crippen LogP contribution in [0.25, 0.3) is 67.5 Å². The van der Waals surface area contributed by atoms with Crippen molar-refractivity contribution in [3.63, 3.8) is 0 Å². The standard InChI is InChI=1S/C54H36N4O/c1-3-15-49-45(4-2)54(46-22-13-11-20-43(46)44-21-12-14-23-47(44)54)48-33-39(28-29-50(48)59-49)41-30-40(36-26-24-35(34-55)25-27-36)31-42(32-41)53-57-51(37-16-7-5-8-17-37)56-52(58-53)38-18-9-6-10-19-38/h3-33H,1H2,2H3/b45-4+,49-15+. The molecule has 5 nitrogen and oxygen atoms in total. The van der Waals surface area contributed by atoms with Gasteiger partial charge in [0.05, 0.1) is 17.0 Å². The summed E-state index contributed by atoms with van der Waals surface area (Å²) in [6.07, 6.45) is 5.94. The van der Waals surface area contributed by atoms with Crippen molar-refractivity contribution in [1.82, 2.24) is 15.0 Å². The molecule has 59 heavy (non-hydrogen) atoms. The Balaban J connectivity index is 1.23. The number of ether oxygens (including phenoxy) is 1. The molecular formula is C54H36N4O. The highest BCUT2D eigenvalue weighted by Crippen LogP contribution is 2.62. The Bertz CT molecular complexity index is 2940. The summed E-state index contributed by atoms with van der Waals surface area (Å²) >= 11 is 0. The molecule has 0 N–H and O–H groups in total. The van der Waals surface area contributed by atoms with Gasteiger partial charge in [0.15, 0.2) is 17.5 Å². The van der Waals surface area contributed by atoms with Gasteiger partial charge in [0, 0.05) is 27.8 Å². The SMILES string of the molecule is C=C/C=C1/Oc2ccc(-c3cc(-c4ccc(C#N)cc4)cc(-c4nc(-c5ccccc5)nc(-c5ccccc5)n4)c3)cc2C2(/C1=C/C)c1ccccc1-c1ccccc12. The molecule has 0 saturated carbocycles. The van der Waals surface area contributed by atoms with Crippen LogP contribution in [0.4, 0.5) is 0 Å². The fourth-order valence-corrected chi connectivity index (χ4v) is 8.76. The van der Waals surface area contributed by atoms with Crippen LogP contribution in [-0.4, -0.2) is 15.0 Å². The maximum Gasteiger partial charge on any atom is 0.164 e. The first kappa shape index (κ1) is 35.5. The van der Waals surface area contributed by atoms with E-state index in [4.69, 9.17) is 19.7 Å². The van der Waals surface area contributed by atoms with E-state index in [1.54, 1.807) is 6.08 Å². The van der Waals surface area contributed by atoms with Crippen molar-refractivity contribution in [2.75, 3.05) is 0 Å². The highest BCUT2D eigenvalue weighted by atomic mass is 16.5. The molecule has 0 amide bonds. The van der Waals surface area contributed by atoms with Gasteiger partial charge in [-0.15, -0.1) is 0 Å². The Labute approximate surface area is 343 Å². The minimum Gasteiger partial charge on any atom is -0.457 e. The molecule has 0 bridgehead atoms. The molecule has 0 radical (unpaired) electrons. The summed E-state index contributed by atoms with van der Waals surface area (Å²) in [5, 5.41) is 9.62. The third-order valence-electron chi connectivity index (χ3n) is 11.4. The molecule has 0 saturated heterocycles. The average Bonchev–Trinajstić information content (AvgIpc) is 3.59. The van der Waals surface area contributed by atoms with Crippen LogP contribution in [0.5, 0.6) is 5.75 Å². The quantitative estimate of drug-likeness (QED) is 0.169. The zero-order valence-electron chi connectivity index (χ0n) is 32.3. The zero-order chi connectivity index (χ0) is 39.9. The van der Waals surface area contributed by atoms with Crippen LogP contribution in [0.1, 0.15) is 29.2 Å². The molecule has 0 atom stereocenters. The number of nitriles is 1. The molecule has 1 spiro atoms. The summed E-state index contributed by atoms with van der Waals surface area (Å²) in [6.45, 7) is 6.13. The monoisotopic (exact) mass is 756 g/mol. The highest BCUT2D eigenvalue weighted by molar-refractivity contribution is 5.90. The summed E-state index contributed by atoms with van der Waals surface area (Å²) in [4.78, 5) is 15.2. The van der Waals surface area contributed by atoms with E-state index >= 15 is 0 Å². The van der Waals surface area contributed by atoms with Crippen LogP contribution < -0.4 is 4.74 Å². The van der Waals surface area contributed by atoms with Gasteiger partial charge in [-0.05, 0) is 100.0 Å². The molecule has 1 aliphatic carbocycles. The van der Waals surface area contributed by atoms with Gasteiger partial charge < -0.3 is 4.74 Å². The van der Waals surface area contributed by atoms with Gasteiger partial charge in [0.25, 0.3) is 0 Å². The van der Waals surface area contributed by atoms with Gasteiger partial charge in [0.1, 0.15) is 11.5 Å². The van der Waals surface area contributed by atoms with Crippen molar-refractivity contribution in [3.8, 4) is 79.4 Å². The van der Waals surface area contributed by atoms with Crippen molar-refractivity contribution < 1.29 is 4.74 Å². The molecule has 1 aliphatic heterocycles. The summed E-state index contributed by atoms with van der Waals surface area (Å²) in [5.74, 6) is 3.31. The van der Waals surface area contributed by atoms with Gasteiger partial charge >= 0.3 is 0 Å². The number of fused-ring (bicyclic) bond motifs is 7. The van der Waals surface area contributed by atoms with Crippen molar-refractivity contribution in [2.45, 2.75) is 12.3 Å². The molecule has 5 heteroatoms. The van der Waals surface area contributed by atoms with Crippen molar-refractivity contribution >= 4 is 0 Å². The Morgan fingerprint density at radius 2 is 1.03 bits per heavy atom. The lowest BCUT2D eigenvalue weighted by Crippen LogP contribution is -2.35. The molecule has 0 unspecified atom stereocenters. The topological polar surface area (TPSA) is 71.7 Å². The molecule has 1 aromatic heterocycles. The first-order chi connectivity index (χ1) is 29.1. The van der Waals surface area contributed by atoms with Crippen LogP contribution in [-0.2, 0) is 5.41 Å². The van der Waals surface area contributed by atoms with Crippen molar-refractivity contribution in [1.29, 1.82) is 5.26 Å². The smallest absolute Gasteiger partial charge is 0.164 e. The average molecular weight is 757 g/mol. The predicted molar refractivity (Wildman–Crippen MR) is 236 cm³/mol. The highest BCUT2D eigenvalue weighted by Gasteiger charge is 2.52. The summed E-state index contributed by atoms with van der Waals surface area (Å²) in [6, 6.07) is 60.5. The zero-order valence-corrected chi connectivity index (χ0v) is 32.3. The number of rotatable bonds is 6. The van der Waals surface area contributed by atoms with Gasteiger partial charge in [-0.1, -0.05) is 146 Å². The van der Waals surface area contributed by atoms with Gasteiger partial charge in [-0.25, -0.2) is 15.0 Å². The number of aromatic nitrogens is 3. The first-order valence-electron chi connectivity index (χ1n) is 19.6. The van der Waals surface area contributed by atoms with Crippen LogP contribution in [0.15, 0.2) is 206 Å². The van der Waals surface area contributed by atoms with Crippen LogP contribution in [0.3, 0.4) is 0 Å². The second kappa shape index (κ2) is 14.5. The number of benzene rings is 7. The molecule has 8 aromatic rings. The van der Waals surface area contributed by atoms with E-state index < -0.39 is 5.41 Å². The first-order valence-corrected chi connectivity index (χ1v) is 19.6. The fraction of sp³-hybridized carbons (Fsp3) is 0.0370. The lowest BCUT2D eigenvalue weighted by Gasteiger charge is -2.41. The number of nitrogens with zero attached hydrogens (tertiary/aromatic N) is 4. The third kappa shape index (κ3) is 5.89. The Morgan fingerprint density at radius 3 is 1.59 bits per heavy atom. The van der Waals surface area contributed by atoms with Crippen LogP contribution in [0.2, 0.25) is 0 Å². The minimum atomic E-state index is -0.642. The van der Waals surface area contributed by atoms with Gasteiger partial charge in [0.2, 0.25) is 0 Å². The van der Waals surface area contributed by atoms with E-state index in [1.165, 1.54) is 22.3 Å². The van der Waals surface area contributed by atoms with Crippen LogP contribution in [0, 0.1) is 11.3 Å². The second-order valence-electron chi connectivity index (χ2n) is 14.6. The number of hydrogen-bond donors (Lipinski definition) is 0. The van der Waals surface area contributed by atoms with Gasteiger partial charge in [-0.3, -0.25) is 0 Å². The third-order valence-corrected chi connectivity index (χ3v) is 11.4. The Kier molecular flexibility index (Phi) is 8.74. The molecule has 7 aromatic carbocycles. The maximum absolute atomic E-state index is 9.62. The van der Waals surface area contributed by atoms with E-state index in [1.807, 2.05) is 91.0 Å². The van der Waals surface area contributed by atoms with Crippen LogP contribution >= 0.6 is 0 Å². The Hall–Kier alpha value is -7.94. The minimum absolute atomic E-state index is 0.557. The summed E-state index contributed by atoms with van der Waals surface area (Å²) in [5.41, 5.74) is 13.5. The Morgan fingerprint density at radius 1 is 0.525 bits per heavy atom. The van der Waals surface area contributed by atoms with E-state index in [2.05, 4.69) is 111 Å². The fourth-order valence-electron chi connectivity index (χ4n) is 8.76. The summed E-state index contributed by atoms with van der Waals surface area (Å²) < 4.78 is 6.77. The van der Waals surface area contributed by atoms with E-state index in [0.717, 1.165) is 61.6 Å². The largest absolute Gasteiger partial charge is 0.457 e. The molecule has 10 rings (SSSR count). The number of allylic oxidation sites excluding steroid dienone is 4. The van der Waals surface area contributed by atoms with Crippen molar-refractivity contribution in [3.05, 3.63) is 228 Å². The second-order valence-corrected chi connectivity index (χ2v) is 14.6. The van der Waals surface area contributed by atoms with E-state index in [9.17, 15) is 5.26 Å². The maximum atomic E-state index is 9.62. The molecule has 278 valence electrons.